The molecular formula is C26H30N2O4. The summed E-state index contributed by atoms with van der Waals surface area (Å²) >= 11 is 0. The van der Waals surface area contributed by atoms with Gasteiger partial charge in [0.2, 0.25) is 5.91 Å². The summed E-state index contributed by atoms with van der Waals surface area (Å²) in [4.78, 5) is 14.1. The maximum Gasteiger partial charge on any atom is 0.238 e. The van der Waals surface area contributed by atoms with Gasteiger partial charge in [0.25, 0.3) is 0 Å². The van der Waals surface area contributed by atoms with Crippen LogP contribution in [0.2, 0.25) is 0 Å². The number of para-hydroxylation sites is 2. The minimum Gasteiger partial charge on any atom is -0.491 e. The fourth-order valence-electron chi connectivity index (χ4n) is 3.28. The molecular weight excluding hydrogens is 404 g/mol. The molecule has 3 rings (SSSR count). The molecule has 0 aliphatic carbocycles. The van der Waals surface area contributed by atoms with E-state index in [0.717, 1.165) is 23.4 Å². The first kappa shape index (κ1) is 23.3. The van der Waals surface area contributed by atoms with Crippen molar-refractivity contribution in [1.29, 1.82) is 0 Å². The summed E-state index contributed by atoms with van der Waals surface area (Å²) < 4.78 is 11.4. The van der Waals surface area contributed by atoms with Crippen molar-refractivity contribution < 1.29 is 19.4 Å². The van der Waals surface area contributed by atoms with Crippen molar-refractivity contribution in [3.63, 3.8) is 0 Å². The van der Waals surface area contributed by atoms with Crippen molar-refractivity contribution in [3.8, 4) is 17.2 Å². The normalized spacial score (nSPS) is 11.8. The molecule has 0 fully saturated rings. The molecule has 0 spiro atoms. The van der Waals surface area contributed by atoms with Gasteiger partial charge in [0.05, 0.1) is 6.54 Å². The predicted octanol–water partition coefficient (Wildman–Crippen LogP) is 4.35. The fourth-order valence-corrected chi connectivity index (χ4v) is 3.28. The number of carbonyl (C=O) groups is 1. The third kappa shape index (κ3) is 7.41. The van der Waals surface area contributed by atoms with E-state index in [4.69, 9.17) is 9.47 Å². The zero-order valence-corrected chi connectivity index (χ0v) is 18.5. The Labute approximate surface area is 189 Å². The predicted molar refractivity (Wildman–Crippen MR) is 126 cm³/mol. The monoisotopic (exact) mass is 434 g/mol. The van der Waals surface area contributed by atoms with Gasteiger partial charge in [0, 0.05) is 12.2 Å². The van der Waals surface area contributed by atoms with E-state index in [-0.39, 0.29) is 19.1 Å². The van der Waals surface area contributed by atoms with E-state index in [1.165, 1.54) is 0 Å². The molecule has 0 aliphatic heterocycles. The number of rotatable bonds is 11. The molecule has 168 valence electrons. The third-order valence-electron chi connectivity index (χ3n) is 4.85. The van der Waals surface area contributed by atoms with Crippen LogP contribution >= 0.6 is 0 Å². The number of benzene rings is 3. The highest BCUT2D eigenvalue weighted by atomic mass is 16.5. The number of aryl methyl sites for hydroxylation is 1. The fraction of sp³-hybridized carbons (Fsp3) is 0.269. The number of nitrogens with one attached hydrogen (secondary N) is 1. The lowest BCUT2D eigenvalue weighted by molar-refractivity contribution is -0.117. The molecule has 3 aromatic rings. The van der Waals surface area contributed by atoms with Gasteiger partial charge in [-0.3, -0.25) is 9.69 Å². The van der Waals surface area contributed by atoms with E-state index in [9.17, 15) is 9.90 Å². The standard InChI is InChI=1S/C26H30N2O4/c1-3-20-9-7-8-12-25(20)27-26(30)18-28(2)17-21(29)19-31-22-13-15-24(16-14-22)32-23-10-5-4-6-11-23/h4-16,21,29H,3,17-19H2,1-2H3,(H,27,30)/t21-/m1/s1. The Bertz CT molecular complexity index is 977. The molecule has 0 unspecified atom stereocenters. The van der Waals surface area contributed by atoms with Gasteiger partial charge in [0.15, 0.2) is 0 Å². The molecule has 6 heteroatoms. The Hall–Kier alpha value is -3.35. The van der Waals surface area contributed by atoms with Gasteiger partial charge >= 0.3 is 0 Å². The second kappa shape index (κ2) is 11.9. The first-order valence-electron chi connectivity index (χ1n) is 10.7. The molecule has 0 saturated heterocycles. The topological polar surface area (TPSA) is 71.0 Å². The summed E-state index contributed by atoms with van der Waals surface area (Å²) in [5.74, 6) is 2.00. The Morgan fingerprint density at radius 2 is 1.56 bits per heavy atom. The van der Waals surface area contributed by atoms with Gasteiger partial charge in [-0.1, -0.05) is 43.3 Å². The Kier molecular flexibility index (Phi) is 8.66. The number of nitrogens with zero attached hydrogens (tertiary/aromatic N) is 1. The minimum atomic E-state index is -0.726. The van der Waals surface area contributed by atoms with Gasteiger partial charge in [-0.15, -0.1) is 0 Å². The zero-order chi connectivity index (χ0) is 22.8. The summed E-state index contributed by atoms with van der Waals surface area (Å²) in [7, 11) is 1.80. The third-order valence-corrected chi connectivity index (χ3v) is 4.85. The van der Waals surface area contributed by atoms with Crippen LogP contribution in [0, 0.1) is 0 Å². The van der Waals surface area contributed by atoms with E-state index >= 15 is 0 Å². The van der Waals surface area contributed by atoms with Gasteiger partial charge in [0.1, 0.15) is 30.0 Å². The summed E-state index contributed by atoms with van der Waals surface area (Å²) in [6, 6.07) is 24.5. The van der Waals surface area contributed by atoms with Gasteiger partial charge < -0.3 is 19.9 Å². The molecule has 0 aromatic heterocycles. The number of ether oxygens (including phenoxy) is 2. The highest BCUT2D eigenvalue weighted by Crippen LogP contribution is 2.23. The number of aliphatic hydroxyl groups excluding tert-OH is 1. The van der Waals surface area contributed by atoms with Crippen molar-refractivity contribution >= 4 is 11.6 Å². The van der Waals surface area contributed by atoms with Crippen LogP contribution in [0.5, 0.6) is 17.2 Å². The van der Waals surface area contributed by atoms with Crippen LogP contribution in [0.1, 0.15) is 12.5 Å². The van der Waals surface area contributed by atoms with Crippen molar-refractivity contribution in [2.24, 2.45) is 0 Å². The van der Waals surface area contributed by atoms with E-state index in [0.29, 0.717) is 18.0 Å². The average molecular weight is 435 g/mol. The first-order valence-corrected chi connectivity index (χ1v) is 10.7. The first-order chi connectivity index (χ1) is 15.5. The van der Waals surface area contributed by atoms with Crippen molar-refractivity contribution in [3.05, 3.63) is 84.4 Å². The second-order valence-electron chi connectivity index (χ2n) is 7.61. The SMILES string of the molecule is CCc1ccccc1NC(=O)CN(C)C[C@@H](O)COc1ccc(Oc2ccccc2)cc1. The highest BCUT2D eigenvalue weighted by Gasteiger charge is 2.13. The van der Waals surface area contributed by atoms with Crippen molar-refractivity contribution in [2.45, 2.75) is 19.4 Å². The van der Waals surface area contributed by atoms with Crippen LogP contribution in [0.15, 0.2) is 78.9 Å². The number of amides is 1. The smallest absolute Gasteiger partial charge is 0.238 e. The van der Waals surface area contributed by atoms with E-state index in [1.54, 1.807) is 24.1 Å². The summed E-state index contributed by atoms with van der Waals surface area (Å²) in [5.41, 5.74) is 1.93. The molecule has 2 N–H and O–H groups in total. The van der Waals surface area contributed by atoms with E-state index < -0.39 is 6.10 Å². The number of aliphatic hydroxyl groups is 1. The summed E-state index contributed by atoms with van der Waals surface area (Å²) in [6.45, 7) is 2.68. The number of hydrogen-bond acceptors (Lipinski definition) is 5. The molecule has 0 bridgehead atoms. The zero-order valence-electron chi connectivity index (χ0n) is 18.5. The van der Waals surface area contributed by atoms with Crippen LogP contribution in [0.3, 0.4) is 0 Å². The van der Waals surface area contributed by atoms with E-state index in [1.807, 2.05) is 66.7 Å². The van der Waals surface area contributed by atoms with E-state index in [2.05, 4.69) is 12.2 Å². The Morgan fingerprint density at radius 1 is 0.938 bits per heavy atom. The maximum absolute atomic E-state index is 12.3. The number of anilines is 1. The number of hydrogen-bond donors (Lipinski definition) is 2. The van der Waals surface area contributed by atoms with Crippen LogP contribution in [0.25, 0.3) is 0 Å². The Balaban J connectivity index is 1.40. The number of likely N-dealkylation sites (N-methyl/N-ethyl adjacent to an activating group) is 1. The summed E-state index contributed by atoms with van der Waals surface area (Å²) in [6.07, 6.45) is 0.123. The minimum absolute atomic E-state index is 0.115. The van der Waals surface area contributed by atoms with Gasteiger partial charge in [-0.05, 0) is 61.5 Å². The average Bonchev–Trinajstić information content (AvgIpc) is 2.79. The lowest BCUT2D eigenvalue weighted by Gasteiger charge is -2.20. The molecule has 0 radical (unpaired) electrons. The van der Waals surface area contributed by atoms with Gasteiger partial charge in [-0.2, -0.15) is 0 Å². The quantitative estimate of drug-likeness (QED) is 0.469. The molecule has 32 heavy (non-hydrogen) atoms. The second-order valence-corrected chi connectivity index (χ2v) is 7.61. The van der Waals surface area contributed by atoms with Crippen molar-refractivity contribution in [1.82, 2.24) is 4.90 Å². The highest BCUT2D eigenvalue weighted by molar-refractivity contribution is 5.92. The molecule has 0 aliphatic rings. The molecule has 3 aromatic carbocycles. The maximum atomic E-state index is 12.3. The molecule has 1 atom stereocenters. The lowest BCUT2D eigenvalue weighted by atomic mass is 10.1. The van der Waals surface area contributed by atoms with Gasteiger partial charge in [-0.25, -0.2) is 0 Å². The largest absolute Gasteiger partial charge is 0.491 e. The molecule has 6 nitrogen and oxygen atoms in total. The van der Waals surface area contributed by atoms with Crippen LogP contribution in [-0.2, 0) is 11.2 Å². The molecule has 0 heterocycles. The summed E-state index contributed by atoms with van der Waals surface area (Å²) in [5, 5.41) is 13.2. The number of carbonyl (C=O) groups excluding carboxylic acids is 1. The van der Waals surface area contributed by atoms with Crippen LogP contribution in [0.4, 0.5) is 5.69 Å². The van der Waals surface area contributed by atoms with Crippen molar-refractivity contribution in [2.75, 3.05) is 32.1 Å². The lowest BCUT2D eigenvalue weighted by Crippen LogP contribution is -2.37. The molecule has 0 saturated carbocycles. The van der Waals surface area contributed by atoms with Crippen LogP contribution in [-0.4, -0.2) is 48.8 Å². The molecule has 1 amide bonds. The van der Waals surface area contributed by atoms with Crippen LogP contribution < -0.4 is 14.8 Å². The Morgan fingerprint density at radius 3 is 2.28 bits per heavy atom.